The molecule has 0 amide bonds. The minimum absolute atomic E-state index is 0.0450. The number of hydrogen-bond donors (Lipinski definition) is 1. The van der Waals surface area contributed by atoms with Crippen LogP contribution in [0.3, 0.4) is 0 Å². The van der Waals surface area contributed by atoms with Crippen molar-refractivity contribution in [3.05, 3.63) is 63.7 Å². The Morgan fingerprint density at radius 1 is 1.26 bits per heavy atom. The molecule has 0 atom stereocenters. The van der Waals surface area contributed by atoms with Crippen LogP contribution in [0.5, 0.6) is 0 Å². The van der Waals surface area contributed by atoms with E-state index in [9.17, 15) is 10.1 Å². The van der Waals surface area contributed by atoms with Crippen LogP contribution in [0, 0.1) is 28.4 Å². The van der Waals surface area contributed by atoms with Crippen molar-refractivity contribution >= 4 is 17.1 Å². The van der Waals surface area contributed by atoms with E-state index in [0.29, 0.717) is 5.69 Å². The van der Waals surface area contributed by atoms with Gasteiger partial charge in [-0.3, -0.25) is 10.1 Å². The first-order valence-corrected chi connectivity index (χ1v) is 5.63. The SMILES string of the molecule is Cc1ccccc1Nc1ccc([N+](=O)[O-])c(C#N)c1. The molecule has 5 nitrogen and oxygen atoms in total. The molecule has 0 aliphatic rings. The number of nitro benzene ring substituents is 1. The number of anilines is 2. The van der Waals surface area contributed by atoms with Crippen molar-refractivity contribution in [3.63, 3.8) is 0 Å². The lowest BCUT2D eigenvalue weighted by Crippen LogP contribution is -1.96. The Labute approximate surface area is 110 Å². The van der Waals surface area contributed by atoms with E-state index >= 15 is 0 Å². The summed E-state index contributed by atoms with van der Waals surface area (Å²) in [6.07, 6.45) is 0. The molecule has 0 spiro atoms. The molecule has 2 aromatic carbocycles. The molecule has 2 rings (SSSR count). The highest BCUT2D eigenvalue weighted by atomic mass is 16.6. The zero-order chi connectivity index (χ0) is 13.8. The maximum absolute atomic E-state index is 10.7. The van der Waals surface area contributed by atoms with Crippen LogP contribution in [0.2, 0.25) is 0 Å². The lowest BCUT2D eigenvalue weighted by atomic mass is 10.1. The van der Waals surface area contributed by atoms with Gasteiger partial charge in [0.1, 0.15) is 11.6 Å². The van der Waals surface area contributed by atoms with Gasteiger partial charge in [-0.05, 0) is 30.7 Å². The average Bonchev–Trinajstić information content (AvgIpc) is 2.41. The summed E-state index contributed by atoms with van der Waals surface area (Å²) in [5.41, 5.74) is 2.47. The molecule has 0 bridgehead atoms. The summed E-state index contributed by atoms with van der Waals surface area (Å²) in [6, 6.07) is 13.9. The first-order valence-electron chi connectivity index (χ1n) is 5.63. The van der Waals surface area contributed by atoms with Gasteiger partial charge in [0.05, 0.1) is 4.92 Å². The summed E-state index contributed by atoms with van der Waals surface area (Å²) in [5, 5.41) is 22.8. The van der Waals surface area contributed by atoms with Crippen LogP contribution >= 0.6 is 0 Å². The largest absolute Gasteiger partial charge is 0.355 e. The number of hydrogen-bond acceptors (Lipinski definition) is 4. The fraction of sp³-hybridized carbons (Fsp3) is 0.0714. The van der Waals surface area contributed by atoms with Gasteiger partial charge in [-0.15, -0.1) is 0 Å². The van der Waals surface area contributed by atoms with Gasteiger partial charge >= 0.3 is 0 Å². The number of aryl methyl sites for hydroxylation is 1. The fourth-order valence-electron chi connectivity index (χ4n) is 1.73. The number of nitro groups is 1. The molecule has 2 aromatic rings. The summed E-state index contributed by atoms with van der Waals surface area (Å²) in [7, 11) is 0. The number of nitrogens with zero attached hydrogens (tertiary/aromatic N) is 2. The maximum Gasteiger partial charge on any atom is 0.287 e. The number of para-hydroxylation sites is 1. The second-order valence-corrected chi connectivity index (χ2v) is 4.04. The molecular formula is C14H11N3O2. The molecule has 5 heteroatoms. The molecule has 0 fully saturated rings. The fourth-order valence-corrected chi connectivity index (χ4v) is 1.73. The van der Waals surface area contributed by atoms with Gasteiger partial charge in [0, 0.05) is 17.4 Å². The number of benzene rings is 2. The molecule has 0 aliphatic heterocycles. The van der Waals surface area contributed by atoms with E-state index in [4.69, 9.17) is 5.26 Å². The lowest BCUT2D eigenvalue weighted by molar-refractivity contribution is -0.385. The van der Waals surface area contributed by atoms with Crippen molar-refractivity contribution in [3.8, 4) is 6.07 Å². The smallest absolute Gasteiger partial charge is 0.287 e. The number of rotatable bonds is 3. The Hall–Kier alpha value is -2.87. The monoisotopic (exact) mass is 253 g/mol. The zero-order valence-corrected chi connectivity index (χ0v) is 10.3. The van der Waals surface area contributed by atoms with E-state index in [-0.39, 0.29) is 11.3 Å². The third-order valence-electron chi connectivity index (χ3n) is 2.74. The standard InChI is InChI=1S/C14H11N3O2/c1-10-4-2-3-5-13(10)16-12-6-7-14(17(18)19)11(8-12)9-15/h2-8,16H,1H3. The molecule has 0 aromatic heterocycles. The van der Waals surface area contributed by atoms with Crippen LogP contribution in [0.25, 0.3) is 0 Å². The molecular weight excluding hydrogens is 242 g/mol. The van der Waals surface area contributed by atoms with E-state index < -0.39 is 4.92 Å². The predicted octanol–water partition coefficient (Wildman–Crippen LogP) is 3.52. The van der Waals surface area contributed by atoms with Gasteiger partial charge in [-0.1, -0.05) is 18.2 Å². The van der Waals surface area contributed by atoms with Crippen LogP contribution in [-0.4, -0.2) is 4.92 Å². The highest BCUT2D eigenvalue weighted by Gasteiger charge is 2.13. The summed E-state index contributed by atoms with van der Waals surface area (Å²) >= 11 is 0. The minimum atomic E-state index is -0.559. The van der Waals surface area contributed by atoms with E-state index in [2.05, 4.69) is 5.32 Å². The van der Waals surface area contributed by atoms with Gasteiger partial charge in [-0.2, -0.15) is 5.26 Å². The Kier molecular flexibility index (Phi) is 3.44. The van der Waals surface area contributed by atoms with Gasteiger partial charge in [0.15, 0.2) is 0 Å². The van der Waals surface area contributed by atoms with E-state index in [1.165, 1.54) is 12.1 Å². The Balaban J connectivity index is 2.36. The average molecular weight is 253 g/mol. The van der Waals surface area contributed by atoms with Gasteiger partial charge in [0.2, 0.25) is 0 Å². The highest BCUT2D eigenvalue weighted by Crippen LogP contribution is 2.25. The van der Waals surface area contributed by atoms with Crippen LogP contribution in [0.1, 0.15) is 11.1 Å². The summed E-state index contributed by atoms with van der Waals surface area (Å²) in [4.78, 5) is 10.2. The van der Waals surface area contributed by atoms with E-state index in [0.717, 1.165) is 11.3 Å². The summed E-state index contributed by atoms with van der Waals surface area (Å²) in [5.74, 6) is 0. The Bertz CT molecular complexity index is 675. The van der Waals surface area contributed by atoms with Crippen molar-refractivity contribution in [2.45, 2.75) is 6.92 Å². The van der Waals surface area contributed by atoms with Crippen molar-refractivity contribution in [1.29, 1.82) is 5.26 Å². The quantitative estimate of drug-likeness (QED) is 0.670. The van der Waals surface area contributed by atoms with Crippen molar-refractivity contribution in [1.82, 2.24) is 0 Å². The second-order valence-electron chi connectivity index (χ2n) is 4.04. The molecule has 0 unspecified atom stereocenters. The molecule has 0 radical (unpaired) electrons. The molecule has 19 heavy (non-hydrogen) atoms. The van der Waals surface area contributed by atoms with Gasteiger partial charge < -0.3 is 5.32 Å². The van der Waals surface area contributed by atoms with E-state index in [1.807, 2.05) is 37.3 Å². The lowest BCUT2D eigenvalue weighted by Gasteiger charge is -2.09. The Morgan fingerprint density at radius 2 is 2.00 bits per heavy atom. The minimum Gasteiger partial charge on any atom is -0.355 e. The normalized spacial score (nSPS) is 9.68. The molecule has 0 saturated carbocycles. The van der Waals surface area contributed by atoms with Gasteiger partial charge in [-0.25, -0.2) is 0 Å². The first-order chi connectivity index (χ1) is 9.11. The molecule has 0 saturated heterocycles. The zero-order valence-electron chi connectivity index (χ0n) is 10.3. The number of nitrogens with one attached hydrogen (secondary N) is 1. The topological polar surface area (TPSA) is 79.0 Å². The summed E-state index contributed by atoms with van der Waals surface area (Å²) in [6.45, 7) is 1.96. The third-order valence-corrected chi connectivity index (χ3v) is 2.74. The molecule has 0 aliphatic carbocycles. The summed E-state index contributed by atoms with van der Waals surface area (Å²) < 4.78 is 0. The van der Waals surface area contributed by atoms with Crippen LogP contribution in [-0.2, 0) is 0 Å². The molecule has 0 heterocycles. The molecule has 94 valence electrons. The van der Waals surface area contributed by atoms with Crippen LogP contribution in [0.15, 0.2) is 42.5 Å². The van der Waals surface area contributed by atoms with E-state index in [1.54, 1.807) is 6.07 Å². The highest BCUT2D eigenvalue weighted by molar-refractivity contribution is 5.67. The van der Waals surface area contributed by atoms with Crippen molar-refractivity contribution in [2.24, 2.45) is 0 Å². The third kappa shape index (κ3) is 2.69. The predicted molar refractivity (Wildman–Crippen MR) is 72.3 cm³/mol. The molecule has 1 N–H and O–H groups in total. The van der Waals surface area contributed by atoms with Crippen LogP contribution in [0.4, 0.5) is 17.1 Å². The Morgan fingerprint density at radius 3 is 2.63 bits per heavy atom. The second kappa shape index (κ2) is 5.19. The first kappa shape index (κ1) is 12.6. The van der Waals surface area contributed by atoms with Crippen molar-refractivity contribution in [2.75, 3.05) is 5.32 Å². The van der Waals surface area contributed by atoms with Crippen molar-refractivity contribution < 1.29 is 4.92 Å². The van der Waals surface area contributed by atoms with Crippen LogP contribution < -0.4 is 5.32 Å². The maximum atomic E-state index is 10.7. The van der Waals surface area contributed by atoms with Gasteiger partial charge in [0.25, 0.3) is 5.69 Å². The number of nitriles is 1.